The molecule has 86 valence electrons. The maximum atomic E-state index is 12.2. The summed E-state index contributed by atoms with van der Waals surface area (Å²) in [6, 6.07) is 9.29. The third kappa shape index (κ3) is 2.40. The van der Waals surface area contributed by atoms with E-state index in [4.69, 9.17) is 0 Å². The van der Waals surface area contributed by atoms with E-state index in [2.05, 4.69) is 6.92 Å². The summed E-state index contributed by atoms with van der Waals surface area (Å²) in [6.45, 7) is 2.08. The normalized spacial score (nSPS) is 27.7. The molecule has 1 aromatic carbocycles. The second-order valence-corrected chi connectivity index (χ2v) is 6.09. The van der Waals surface area contributed by atoms with E-state index in [1.807, 2.05) is 30.3 Å². The predicted molar refractivity (Wildman–Crippen MR) is 64.7 cm³/mol. The molecule has 1 aromatic rings. The summed E-state index contributed by atoms with van der Waals surface area (Å²) in [7, 11) is -1.16. The number of hydrogen-bond acceptors (Lipinski definition) is 2. The first-order chi connectivity index (χ1) is 7.68. The number of carbonyl (C=O) groups is 1. The molecule has 2 nitrogen and oxygen atoms in total. The average Bonchev–Trinajstić information content (AvgIpc) is 2.29. The average molecular weight is 236 g/mol. The lowest BCUT2D eigenvalue weighted by Gasteiger charge is -2.24. The minimum atomic E-state index is -1.16. The molecule has 0 N–H and O–H groups in total. The molecule has 1 saturated carbocycles. The molecular formula is C13H16O2S. The SMILES string of the molecule is C[C@@H]1CC[C@@H]([S@@](=O)c2ccccc2)C(=O)C1. The summed E-state index contributed by atoms with van der Waals surface area (Å²) in [5.41, 5.74) is 0. The van der Waals surface area contributed by atoms with Gasteiger partial charge in [0.1, 0.15) is 5.78 Å². The maximum absolute atomic E-state index is 12.2. The van der Waals surface area contributed by atoms with E-state index in [0.29, 0.717) is 12.3 Å². The van der Waals surface area contributed by atoms with Gasteiger partial charge in [-0.1, -0.05) is 25.1 Å². The Balaban J connectivity index is 2.14. The largest absolute Gasteiger partial charge is 0.298 e. The highest BCUT2D eigenvalue weighted by Gasteiger charge is 2.31. The molecule has 0 aliphatic heterocycles. The van der Waals surface area contributed by atoms with Crippen molar-refractivity contribution in [2.24, 2.45) is 5.92 Å². The summed E-state index contributed by atoms with van der Waals surface area (Å²) < 4.78 is 12.2. The molecule has 3 atom stereocenters. The van der Waals surface area contributed by atoms with Crippen molar-refractivity contribution in [3.8, 4) is 0 Å². The van der Waals surface area contributed by atoms with Crippen LogP contribution in [0.3, 0.4) is 0 Å². The molecule has 0 amide bonds. The Kier molecular flexibility index (Phi) is 3.54. The molecule has 3 heteroatoms. The van der Waals surface area contributed by atoms with Crippen molar-refractivity contribution in [3.63, 3.8) is 0 Å². The lowest BCUT2D eigenvalue weighted by molar-refractivity contribution is -0.120. The van der Waals surface area contributed by atoms with Crippen LogP contribution in [0.1, 0.15) is 26.2 Å². The molecule has 16 heavy (non-hydrogen) atoms. The van der Waals surface area contributed by atoms with Gasteiger partial charge in [-0.2, -0.15) is 0 Å². The highest BCUT2D eigenvalue weighted by molar-refractivity contribution is 7.86. The van der Waals surface area contributed by atoms with Crippen molar-refractivity contribution in [2.45, 2.75) is 36.3 Å². The van der Waals surface area contributed by atoms with Gasteiger partial charge in [0, 0.05) is 11.3 Å². The Labute approximate surface area is 98.5 Å². The molecule has 0 spiro atoms. The van der Waals surface area contributed by atoms with Crippen LogP contribution in [0.2, 0.25) is 0 Å². The van der Waals surface area contributed by atoms with Gasteiger partial charge in [0.2, 0.25) is 0 Å². The molecule has 0 aromatic heterocycles. The molecule has 0 unspecified atom stereocenters. The van der Waals surface area contributed by atoms with Crippen molar-refractivity contribution in [3.05, 3.63) is 30.3 Å². The zero-order chi connectivity index (χ0) is 11.5. The van der Waals surface area contributed by atoms with Gasteiger partial charge in [0.25, 0.3) is 0 Å². The molecular weight excluding hydrogens is 220 g/mol. The van der Waals surface area contributed by atoms with Gasteiger partial charge in [-0.05, 0) is 30.9 Å². The maximum Gasteiger partial charge on any atom is 0.149 e. The van der Waals surface area contributed by atoms with E-state index in [-0.39, 0.29) is 11.0 Å². The quantitative estimate of drug-likeness (QED) is 0.791. The topological polar surface area (TPSA) is 34.1 Å². The Hall–Kier alpha value is -0.960. The van der Waals surface area contributed by atoms with E-state index in [1.54, 1.807) is 0 Å². The van der Waals surface area contributed by atoms with Crippen molar-refractivity contribution in [1.82, 2.24) is 0 Å². The highest BCUT2D eigenvalue weighted by Crippen LogP contribution is 2.26. The van der Waals surface area contributed by atoms with Crippen molar-refractivity contribution in [1.29, 1.82) is 0 Å². The summed E-state index contributed by atoms with van der Waals surface area (Å²) >= 11 is 0. The van der Waals surface area contributed by atoms with Gasteiger partial charge in [0.15, 0.2) is 0 Å². The van der Waals surface area contributed by atoms with Gasteiger partial charge in [0.05, 0.1) is 16.0 Å². The highest BCUT2D eigenvalue weighted by atomic mass is 32.2. The summed E-state index contributed by atoms with van der Waals surface area (Å²) in [6.07, 6.45) is 2.36. The minimum absolute atomic E-state index is 0.168. The van der Waals surface area contributed by atoms with Crippen LogP contribution in [0.4, 0.5) is 0 Å². The van der Waals surface area contributed by atoms with Gasteiger partial charge < -0.3 is 0 Å². The third-order valence-corrected chi connectivity index (χ3v) is 4.82. The van der Waals surface area contributed by atoms with Crippen molar-refractivity contribution < 1.29 is 9.00 Å². The van der Waals surface area contributed by atoms with Crippen LogP contribution in [-0.4, -0.2) is 15.2 Å². The fourth-order valence-corrected chi connectivity index (χ4v) is 3.56. The zero-order valence-corrected chi connectivity index (χ0v) is 10.2. The monoisotopic (exact) mass is 236 g/mol. The van der Waals surface area contributed by atoms with Crippen LogP contribution in [0.15, 0.2) is 35.2 Å². The molecule has 0 bridgehead atoms. The zero-order valence-electron chi connectivity index (χ0n) is 9.39. The summed E-state index contributed by atoms with van der Waals surface area (Å²) in [5.74, 6) is 0.623. The van der Waals surface area contributed by atoms with Crippen LogP contribution >= 0.6 is 0 Å². The Morgan fingerprint density at radius 3 is 2.50 bits per heavy atom. The van der Waals surface area contributed by atoms with Crippen molar-refractivity contribution >= 4 is 16.6 Å². The molecule has 1 aliphatic rings. The Morgan fingerprint density at radius 2 is 1.88 bits per heavy atom. The molecule has 1 fully saturated rings. The molecule has 0 heterocycles. The van der Waals surface area contributed by atoms with Crippen LogP contribution in [0, 0.1) is 5.92 Å². The van der Waals surface area contributed by atoms with E-state index in [1.165, 1.54) is 0 Å². The summed E-state index contributed by atoms with van der Waals surface area (Å²) in [5, 5.41) is -0.279. The standard InChI is InChI=1S/C13H16O2S/c1-10-7-8-13(12(14)9-10)16(15)11-5-3-2-4-6-11/h2-6,10,13H,7-9H2,1H3/t10-,13-,16+/m1/s1. The second kappa shape index (κ2) is 4.91. The molecule has 0 radical (unpaired) electrons. The lowest BCUT2D eigenvalue weighted by atomic mass is 9.89. The number of ketones is 1. The summed E-state index contributed by atoms with van der Waals surface area (Å²) in [4.78, 5) is 12.6. The van der Waals surface area contributed by atoms with Crippen molar-refractivity contribution in [2.75, 3.05) is 0 Å². The molecule has 2 rings (SSSR count). The van der Waals surface area contributed by atoms with Gasteiger partial charge >= 0.3 is 0 Å². The second-order valence-electron chi connectivity index (χ2n) is 4.45. The van der Waals surface area contributed by atoms with E-state index >= 15 is 0 Å². The van der Waals surface area contributed by atoms with Crippen LogP contribution in [-0.2, 0) is 15.6 Å². The number of carbonyl (C=O) groups excluding carboxylic acids is 1. The van der Waals surface area contributed by atoms with E-state index in [9.17, 15) is 9.00 Å². The first kappa shape index (κ1) is 11.5. The predicted octanol–water partition coefficient (Wildman–Crippen LogP) is 2.55. The first-order valence-corrected chi connectivity index (χ1v) is 6.88. The number of benzene rings is 1. The number of rotatable bonds is 2. The smallest absolute Gasteiger partial charge is 0.149 e. The van der Waals surface area contributed by atoms with Crippen LogP contribution < -0.4 is 0 Å². The van der Waals surface area contributed by atoms with Gasteiger partial charge in [-0.15, -0.1) is 0 Å². The fourth-order valence-electron chi connectivity index (χ4n) is 2.12. The van der Waals surface area contributed by atoms with Gasteiger partial charge in [-0.3, -0.25) is 9.00 Å². The van der Waals surface area contributed by atoms with Crippen LogP contribution in [0.5, 0.6) is 0 Å². The van der Waals surface area contributed by atoms with E-state index < -0.39 is 10.8 Å². The molecule has 0 saturated heterocycles. The third-order valence-electron chi connectivity index (χ3n) is 3.06. The number of hydrogen-bond donors (Lipinski definition) is 0. The minimum Gasteiger partial charge on any atom is -0.298 e. The van der Waals surface area contributed by atoms with Crippen LogP contribution in [0.25, 0.3) is 0 Å². The Bertz CT molecular complexity index is 400. The molecule has 1 aliphatic carbocycles. The fraction of sp³-hybridized carbons (Fsp3) is 0.462. The number of Topliss-reactive ketones (excluding diaryl/α,β-unsaturated/α-hetero) is 1. The van der Waals surface area contributed by atoms with Gasteiger partial charge in [-0.25, -0.2) is 0 Å². The van der Waals surface area contributed by atoms with E-state index in [0.717, 1.165) is 17.7 Å². The Morgan fingerprint density at radius 1 is 1.19 bits per heavy atom. The first-order valence-electron chi connectivity index (χ1n) is 5.67. The lowest BCUT2D eigenvalue weighted by Crippen LogP contribution is -2.32.